The van der Waals surface area contributed by atoms with Gasteiger partial charge in [-0.2, -0.15) is 5.10 Å². The summed E-state index contributed by atoms with van der Waals surface area (Å²) in [5.41, 5.74) is 0.0332. The molecule has 0 fully saturated rings. The van der Waals surface area contributed by atoms with Crippen LogP contribution < -0.4 is 10.9 Å². The van der Waals surface area contributed by atoms with Crippen LogP contribution in [-0.2, 0) is 13.2 Å². The van der Waals surface area contributed by atoms with Crippen molar-refractivity contribution in [3.63, 3.8) is 0 Å². The molecule has 0 aliphatic heterocycles. The van der Waals surface area contributed by atoms with E-state index in [9.17, 15) is 9.59 Å². The third-order valence-electron chi connectivity index (χ3n) is 3.99. The van der Waals surface area contributed by atoms with E-state index in [4.69, 9.17) is 0 Å². The van der Waals surface area contributed by atoms with E-state index in [-0.39, 0.29) is 23.8 Å². The number of thiophene rings is 1. The Morgan fingerprint density at radius 1 is 1.31 bits per heavy atom. The molecule has 0 unspecified atom stereocenters. The van der Waals surface area contributed by atoms with Gasteiger partial charge in [0.1, 0.15) is 0 Å². The van der Waals surface area contributed by atoms with Gasteiger partial charge in [-0.3, -0.25) is 14.5 Å². The number of aromatic nitrogens is 2. The lowest BCUT2D eigenvalue weighted by Gasteiger charge is -2.21. The minimum absolute atomic E-state index is 0.214. The fourth-order valence-corrected chi connectivity index (χ4v) is 3.53. The molecule has 0 saturated heterocycles. The predicted octanol–water partition coefficient (Wildman–Crippen LogP) is 2.46. The highest BCUT2D eigenvalue weighted by atomic mass is 32.1. The molecule has 3 rings (SSSR count). The summed E-state index contributed by atoms with van der Waals surface area (Å²) in [6.45, 7) is 5.35. The first-order valence-electron chi connectivity index (χ1n) is 8.21. The van der Waals surface area contributed by atoms with E-state index in [0.29, 0.717) is 23.9 Å². The highest BCUT2D eigenvalue weighted by Gasteiger charge is 2.17. The topological polar surface area (TPSA) is 67.2 Å². The third-order valence-corrected chi connectivity index (χ3v) is 4.85. The summed E-state index contributed by atoms with van der Waals surface area (Å²) in [7, 11) is 1.55. The summed E-state index contributed by atoms with van der Waals surface area (Å²) < 4.78 is 1.35. The van der Waals surface area contributed by atoms with Crippen LogP contribution in [0.3, 0.4) is 0 Å². The van der Waals surface area contributed by atoms with E-state index in [1.54, 1.807) is 48.7 Å². The van der Waals surface area contributed by atoms with Crippen LogP contribution in [0.4, 0.5) is 0 Å². The Bertz CT molecular complexity index is 979. The summed E-state index contributed by atoms with van der Waals surface area (Å²) in [6.07, 6.45) is 1.79. The van der Waals surface area contributed by atoms with E-state index >= 15 is 0 Å². The monoisotopic (exact) mass is 368 g/mol. The Morgan fingerprint density at radius 2 is 2.08 bits per heavy atom. The van der Waals surface area contributed by atoms with Gasteiger partial charge >= 0.3 is 0 Å². The second-order valence-electron chi connectivity index (χ2n) is 5.80. The second-order valence-corrected chi connectivity index (χ2v) is 6.83. The van der Waals surface area contributed by atoms with Gasteiger partial charge in [0.05, 0.1) is 12.1 Å². The zero-order chi connectivity index (χ0) is 18.5. The summed E-state index contributed by atoms with van der Waals surface area (Å²) >= 11 is 1.66. The summed E-state index contributed by atoms with van der Waals surface area (Å²) in [5, 5.41) is 9.99. The molecule has 1 aromatic carbocycles. The number of carbonyl (C=O) groups excluding carboxylic acids is 1. The molecular formula is C19H20N4O2S. The maximum atomic E-state index is 12.9. The fraction of sp³-hybridized carbons (Fsp3) is 0.211. The van der Waals surface area contributed by atoms with Crippen molar-refractivity contribution in [1.82, 2.24) is 20.0 Å². The molecule has 0 radical (unpaired) electrons. The Morgan fingerprint density at radius 3 is 2.73 bits per heavy atom. The molecule has 0 atom stereocenters. The van der Waals surface area contributed by atoms with Gasteiger partial charge in [0.25, 0.3) is 11.5 Å². The smallest absolute Gasteiger partial charge is 0.275 e. The molecular weight excluding hydrogens is 348 g/mol. The van der Waals surface area contributed by atoms with Crippen molar-refractivity contribution in [1.29, 1.82) is 0 Å². The van der Waals surface area contributed by atoms with Crippen LogP contribution in [0.15, 0.2) is 59.2 Å². The van der Waals surface area contributed by atoms with Crippen LogP contribution in [0.1, 0.15) is 15.4 Å². The molecule has 6 nitrogen and oxygen atoms in total. The van der Waals surface area contributed by atoms with Gasteiger partial charge in [-0.15, -0.1) is 17.9 Å². The number of rotatable bonds is 7. The molecule has 2 aromatic heterocycles. The zero-order valence-corrected chi connectivity index (χ0v) is 15.3. The average Bonchev–Trinajstić information content (AvgIpc) is 3.16. The molecule has 2 heterocycles. The molecule has 0 spiro atoms. The Hall–Kier alpha value is -2.77. The first-order valence-corrected chi connectivity index (χ1v) is 9.09. The number of nitrogens with one attached hydrogen (secondary N) is 1. The summed E-state index contributed by atoms with van der Waals surface area (Å²) in [5.74, 6) is -0.316. The molecule has 26 heavy (non-hydrogen) atoms. The maximum absolute atomic E-state index is 12.9. The maximum Gasteiger partial charge on any atom is 0.275 e. The predicted molar refractivity (Wildman–Crippen MR) is 104 cm³/mol. The van der Waals surface area contributed by atoms with Gasteiger partial charge in [0.2, 0.25) is 0 Å². The minimum atomic E-state index is -0.316. The van der Waals surface area contributed by atoms with Crippen molar-refractivity contribution in [3.05, 3.63) is 75.4 Å². The minimum Gasteiger partial charge on any atom is -0.354 e. The van der Waals surface area contributed by atoms with Crippen molar-refractivity contribution in [3.8, 4) is 0 Å². The van der Waals surface area contributed by atoms with E-state index in [1.165, 1.54) is 9.56 Å². The molecule has 7 heteroatoms. The molecule has 3 aromatic rings. The van der Waals surface area contributed by atoms with E-state index < -0.39 is 0 Å². The number of hydrogen-bond acceptors (Lipinski definition) is 5. The highest BCUT2D eigenvalue weighted by molar-refractivity contribution is 7.09. The molecule has 0 aliphatic carbocycles. The third kappa shape index (κ3) is 3.74. The Labute approximate surface area is 155 Å². The summed E-state index contributed by atoms with van der Waals surface area (Å²) in [6, 6.07) is 11.1. The van der Waals surface area contributed by atoms with Gasteiger partial charge in [0, 0.05) is 30.4 Å². The SMILES string of the molecule is C=CCN(Cc1cccs1)Cn1nc(C(=O)NC)c2ccccc2c1=O. The van der Waals surface area contributed by atoms with Crippen LogP contribution in [0.2, 0.25) is 0 Å². The quantitative estimate of drug-likeness (QED) is 0.651. The summed E-state index contributed by atoms with van der Waals surface area (Å²) in [4.78, 5) is 28.3. The van der Waals surface area contributed by atoms with E-state index in [2.05, 4.69) is 21.9 Å². The Kier molecular flexibility index (Phi) is 5.60. The van der Waals surface area contributed by atoms with Crippen LogP contribution in [0.25, 0.3) is 10.8 Å². The lowest BCUT2D eigenvalue weighted by Crippen LogP contribution is -2.35. The van der Waals surface area contributed by atoms with Gasteiger partial charge in [-0.25, -0.2) is 4.68 Å². The average molecular weight is 368 g/mol. The largest absolute Gasteiger partial charge is 0.354 e. The van der Waals surface area contributed by atoms with E-state index in [0.717, 1.165) is 0 Å². The van der Waals surface area contributed by atoms with Gasteiger partial charge < -0.3 is 5.32 Å². The van der Waals surface area contributed by atoms with Crippen LogP contribution in [-0.4, -0.2) is 34.2 Å². The first-order chi connectivity index (χ1) is 12.6. The van der Waals surface area contributed by atoms with Crippen LogP contribution in [0, 0.1) is 0 Å². The van der Waals surface area contributed by atoms with Crippen LogP contribution in [0.5, 0.6) is 0 Å². The lowest BCUT2D eigenvalue weighted by atomic mass is 10.1. The zero-order valence-electron chi connectivity index (χ0n) is 14.5. The normalized spacial score (nSPS) is 11.0. The number of benzene rings is 1. The number of nitrogens with zero attached hydrogens (tertiary/aromatic N) is 3. The number of hydrogen-bond donors (Lipinski definition) is 1. The van der Waals surface area contributed by atoms with Gasteiger partial charge in [-0.05, 0) is 17.5 Å². The van der Waals surface area contributed by atoms with Crippen molar-refractivity contribution in [2.75, 3.05) is 13.6 Å². The Balaban J connectivity index is 2.02. The number of amides is 1. The number of carbonyl (C=O) groups is 1. The van der Waals surface area contributed by atoms with Crippen molar-refractivity contribution in [2.45, 2.75) is 13.2 Å². The highest BCUT2D eigenvalue weighted by Crippen LogP contribution is 2.15. The molecule has 0 saturated carbocycles. The first kappa shape index (κ1) is 18.0. The van der Waals surface area contributed by atoms with Crippen LogP contribution >= 0.6 is 11.3 Å². The fourth-order valence-electron chi connectivity index (χ4n) is 2.78. The molecule has 0 bridgehead atoms. The van der Waals surface area contributed by atoms with E-state index in [1.807, 2.05) is 17.5 Å². The van der Waals surface area contributed by atoms with Crippen molar-refractivity contribution in [2.24, 2.45) is 0 Å². The van der Waals surface area contributed by atoms with Crippen molar-refractivity contribution < 1.29 is 4.79 Å². The molecule has 134 valence electrons. The number of fused-ring (bicyclic) bond motifs is 1. The van der Waals surface area contributed by atoms with Crippen molar-refractivity contribution >= 4 is 28.0 Å². The van der Waals surface area contributed by atoms with Gasteiger partial charge in [-0.1, -0.05) is 30.3 Å². The molecule has 0 aliphatic rings. The van der Waals surface area contributed by atoms with Gasteiger partial charge in [0.15, 0.2) is 5.69 Å². The molecule has 1 amide bonds. The standard InChI is InChI=1S/C19H20N4O2S/c1-3-10-22(12-14-7-6-11-26-14)13-23-19(25)16-9-5-4-8-15(16)17(21-23)18(24)20-2/h3-9,11H,1,10,12-13H2,2H3,(H,20,24). The molecule has 1 N–H and O–H groups in total. The second kappa shape index (κ2) is 8.07. The lowest BCUT2D eigenvalue weighted by molar-refractivity contribution is 0.0955.